The maximum absolute atomic E-state index is 8.75. The fourth-order valence-corrected chi connectivity index (χ4v) is 1.37. The van der Waals surface area contributed by atoms with Gasteiger partial charge in [-0.25, -0.2) is 0 Å². The van der Waals surface area contributed by atoms with Crippen LogP contribution in [0.1, 0.15) is 5.56 Å². The molecule has 0 radical (unpaired) electrons. The van der Waals surface area contributed by atoms with Crippen LogP contribution in [0.25, 0.3) is 0 Å². The van der Waals surface area contributed by atoms with Crippen LogP contribution in [-0.2, 0) is 9.47 Å². The topological polar surface area (TPSA) is 54.3 Å². The van der Waals surface area contributed by atoms with Crippen molar-refractivity contribution >= 4 is 17.3 Å². The molecule has 16 heavy (non-hydrogen) atoms. The highest BCUT2D eigenvalue weighted by Gasteiger charge is 2.06. The number of ether oxygens (including phenoxy) is 2. The van der Waals surface area contributed by atoms with Gasteiger partial charge in [0.1, 0.15) is 0 Å². The lowest BCUT2D eigenvalue weighted by atomic mass is 10.2. The van der Waals surface area contributed by atoms with Crippen molar-refractivity contribution in [3.63, 3.8) is 0 Å². The number of halogens is 1. The Labute approximate surface area is 99.7 Å². The summed E-state index contributed by atoms with van der Waals surface area (Å²) in [6.45, 7) is 0.460. The van der Waals surface area contributed by atoms with Gasteiger partial charge >= 0.3 is 0 Å². The van der Waals surface area contributed by atoms with Crippen LogP contribution < -0.4 is 5.32 Å². The molecule has 0 unspecified atom stereocenters. The van der Waals surface area contributed by atoms with Crippen LogP contribution in [0.2, 0.25) is 5.02 Å². The summed E-state index contributed by atoms with van der Waals surface area (Å²) in [4.78, 5) is 0. The Hall–Kier alpha value is -1.28. The van der Waals surface area contributed by atoms with E-state index in [2.05, 4.69) is 5.32 Å². The summed E-state index contributed by atoms with van der Waals surface area (Å²) >= 11 is 5.97. The Bertz CT molecular complexity index is 386. The summed E-state index contributed by atoms with van der Waals surface area (Å²) in [5, 5.41) is 12.4. The van der Waals surface area contributed by atoms with Gasteiger partial charge in [0.15, 0.2) is 6.29 Å². The molecule has 1 aromatic rings. The second kappa shape index (κ2) is 6.33. The summed E-state index contributed by atoms with van der Waals surface area (Å²) in [5.41, 5.74) is 1.25. The van der Waals surface area contributed by atoms with Gasteiger partial charge < -0.3 is 14.8 Å². The molecule has 0 fully saturated rings. The number of rotatable bonds is 5. The summed E-state index contributed by atoms with van der Waals surface area (Å²) in [5.74, 6) is 0. The fraction of sp³-hybridized carbons (Fsp3) is 0.364. The monoisotopic (exact) mass is 240 g/mol. The van der Waals surface area contributed by atoms with Crippen molar-refractivity contribution in [3.8, 4) is 6.07 Å². The smallest absolute Gasteiger partial charge is 0.173 e. The SMILES string of the molecule is COC(CNc1cc(C#N)ccc1Cl)OC. The van der Waals surface area contributed by atoms with Crippen molar-refractivity contribution in [2.45, 2.75) is 6.29 Å². The number of nitriles is 1. The van der Waals surface area contributed by atoms with Crippen LogP contribution in [0.3, 0.4) is 0 Å². The highest BCUT2D eigenvalue weighted by atomic mass is 35.5. The van der Waals surface area contributed by atoms with Crippen molar-refractivity contribution in [2.24, 2.45) is 0 Å². The van der Waals surface area contributed by atoms with Crippen molar-refractivity contribution < 1.29 is 9.47 Å². The maximum Gasteiger partial charge on any atom is 0.173 e. The van der Waals surface area contributed by atoms with Gasteiger partial charge in [0.2, 0.25) is 0 Å². The zero-order valence-electron chi connectivity index (χ0n) is 9.16. The van der Waals surface area contributed by atoms with E-state index < -0.39 is 0 Å². The van der Waals surface area contributed by atoms with E-state index in [0.717, 1.165) is 0 Å². The van der Waals surface area contributed by atoms with E-state index in [1.54, 1.807) is 32.4 Å². The van der Waals surface area contributed by atoms with Crippen molar-refractivity contribution in [1.82, 2.24) is 0 Å². The zero-order valence-corrected chi connectivity index (χ0v) is 9.91. The van der Waals surface area contributed by atoms with Gasteiger partial charge in [-0.05, 0) is 18.2 Å². The molecule has 0 atom stereocenters. The number of hydrogen-bond donors (Lipinski definition) is 1. The molecular weight excluding hydrogens is 228 g/mol. The van der Waals surface area contributed by atoms with Gasteiger partial charge in [0.25, 0.3) is 0 Å². The number of benzene rings is 1. The third-order valence-corrected chi connectivity index (χ3v) is 2.41. The molecule has 0 aliphatic heterocycles. The molecule has 0 heterocycles. The molecule has 0 aromatic heterocycles. The van der Waals surface area contributed by atoms with E-state index >= 15 is 0 Å². The summed E-state index contributed by atoms with van der Waals surface area (Å²) in [7, 11) is 3.12. The van der Waals surface area contributed by atoms with Crippen molar-refractivity contribution in [2.75, 3.05) is 26.1 Å². The molecule has 0 aliphatic rings. The molecule has 4 nitrogen and oxygen atoms in total. The molecule has 0 amide bonds. The quantitative estimate of drug-likeness (QED) is 0.802. The second-order valence-electron chi connectivity index (χ2n) is 3.09. The maximum atomic E-state index is 8.75. The highest BCUT2D eigenvalue weighted by Crippen LogP contribution is 2.22. The minimum Gasteiger partial charge on any atom is -0.379 e. The Morgan fingerprint density at radius 2 is 2.12 bits per heavy atom. The van der Waals surface area contributed by atoms with Gasteiger partial charge in [-0.1, -0.05) is 11.6 Å². The second-order valence-corrected chi connectivity index (χ2v) is 3.50. The Kier molecular flexibility index (Phi) is 5.06. The van der Waals surface area contributed by atoms with Crippen LogP contribution in [-0.4, -0.2) is 27.1 Å². The normalized spacial score (nSPS) is 10.2. The largest absolute Gasteiger partial charge is 0.379 e. The summed E-state index contributed by atoms with van der Waals surface area (Å²) < 4.78 is 10.0. The summed E-state index contributed by atoms with van der Waals surface area (Å²) in [6, 6.07) is 7.08. The standard InChI is InChI=1S/C11H13ClN2O2/c1-15-11(16-2)7-14-10-5-8(6-13)3-4-9(10)12/h3-5,11,14H,7H2,1-2H3. The average Bonchev–Trinajstić information content (AvgIpc) is 2.32. The lowest BCUT2D eigenvalue weighted by Crippen LogP contribution is -2.23. The Morgan fingerprint density at radius 3 is 2.69 bits per heavy atom. The number of methoxy groups -OCH3 is 2. The van der Waals surface area contributed by atoms with E-state index in [9.17, 15) is 0 Å². The van der Waals surface area contributed by atoms with E-state index in [0.29, 0.717) is 22.8 Å². The van der Waals surface area contributed by atoms with Crippen LogP contribution in [0.5, 0.6) is 0 Å². The molecule has 0 aliphatic carbocycles. The van der Waals surface area contributed by atoms with E-state index in [1.165, 1.54) is 0 Å². The Morgan fingerprint density at radius 1 is 1.44 bits per heavy atom. The first kappa shape index (κ1) is 12.8. The van der Waals surface area contributed by atoms with Gasteiger partial charge in [-0.15, -0.1) is 0 Å². The first-order valence-electron chi connectivity index (χ1n) is 4.70. The third kappa shape index (κ3) is 3.38. The van der Waals surface area contributed by atoms with Gasteiger partial charge in [-0.3, -0.25) is 0 Å². The third-order valence-electron chi connectivity index (χ3n) is 2.08. The van der Waals surface area contributed by atoms with Gasteiger partial charge in [-0.2, -0.15) is 5.26 Å². The minimum absolute atomic E-state index is 0.346. The average molecular weight is 241 g/mol. The van der Waals surface area contributed by atoms with Crippen LogP contribution >= 0.6 is 11.6 Å². The predicted molar refractivity (Wildman–Crippen MR) is 62.5 cm³/mol. The van der Waals surface area contributed by atoms with Gasteiger partial charge in [0.05, 0.1) is 28.9 Å². The van der Waals surface area contributed by atoms with Crippen molar-refractivity contribution in [3.05, 3.63) is 28.8 Å². The Balaban J connectivity index is 2.69. The molecule has 0 bridgehead atoms. The van der Waals surface area contributed by atoms with E-state index in [4.69, 9.17) is 26.3 Å². The number of nitrogens with one attached hydrogen (secondary N) is 1. The van der Waals surface area contributed by atoms with Crippen LogP contribution in [0.4, 0.5) is 5.69 Å². The lowest BCUT2D eigenvalue weighted by Gasteiger charge is -2.15. The van der Waals surface area contributed by atoms with E-state index in [1.807, 2.05) is 6.07 Å². The lowest BCUT2D eigenvalue weighted by molar-refractivity contribution is -0.0914. The molecule has 0 saturated carbocycles. The molecule has 0 spiro atoms. The number of nitrogens with zero attached hydrogens (tertiary/aromatic N) is 1. The minimum atomic E-state index is -0.346. The molecular formula is C11H13ClN2O2. The van der Waals surface area contributed by atoms with Crippen LogP contribution in [0.15, 0.2) is 18.2 Å². The zero-order chi connectivity index (χ0) is 12.0. The van der Waals surface area contributed by atoms with Crippen molar-refractivity contribution in [1.29, 1.82) is 5.26 Å². The highest BCUT2D eigenvalue weighted by molar-refractivity contribution is 6.33. The molecule has 1 rings (SSSR count). The predicted octanol–water partition coefficient (Wildman–Crippen LogP) is 2.24. The van der Waals surface area contributed by atoms with Gasteiger partial charge in [0, 0.05) is 14.2 Å². The van der Waals surface area contributed by atoms with Crippen LogP contribution in [0, 0.1) is 11.3 Å². The molecule has 0 saturated heterocycles. The molecule has 1 N–H and O–H groups in total. The fourth-order valence-electron chi connectivity index (χ4n) is 1.19. The van der Waals surface area contributed by atoms with E-state index in [-0.39, 0.29) is 6.29 Å². The molecule has 5 heteroatoms. The number of anilines is 1. The first-order valence-corrected chi connectivity index (χ1v) is 5.08. The summed E-state index contributed by atoms with van der Waals surface area (Å²) in [6.07, 6.45) is -0.346. The number of hydrogen-bond acceptors (Lipinski definition) is 4. The molecule has 1 aromatic carbocycles. The first-order chi connectivity index (χ1) is 7.71. The molecule has 86 valence electrons.